The minimum atomic E-state index is -3.45. The summed E-state index contributed by atoms with van der Waals surface area (Å²) in [7, 11) is -6.28. The van der Waals surface area contributed by atoms with Crippen molar-refractivity contribution >= 4 is 47.3 Å². The molecule has 12 heteroatoms. The van der Waals surface area contributed by atoms with Gasteiger partial charge in [0.25, 0.3) is 5.91 Å². The van der Waals surface area contributed by atoms with Gasteiger partial charge in [0.1, 0.15) is 32.3 Å². The molecule has 1 saturated carbocycles. The molecule has 0 aliphatic heterocycles. The second kappa shape index (κ2) is 9.88. The Kier molecular flexibility index (Phi) is 7.82. The zero-order chi connectivity index (χ0) is 26.3. The predicted octanol–water partition coefficient (Wildman–Crippen LogP) is 7.29. The molecule has 1 amide bonds. The van der Waals surface area contributed by atoms with E-state index in [1.807, 2.05) is 33.9 Å². The molecule has 1 aliphatic carbocycles. The van der Waals surface area contributed by atoms with Gasteiger partial charge in [-0.05, 0) is 30.9 Å². The maximum absolute atomic E-state index is 15.3. The number of pyridine rings is 1. The number of hydrogen-bond donors (Lipinski definition) is 1. The molecule has 0 radical (unpaired) electrons. The zero-order valence-electron chi connectivity index (χ0n) is 20.6. The molecule has 0 saturated heterocycles. The van der Waals surface area contributed by atoms with E-state index in [0.717, 1.165) is 12.1 Å². The summed E-state index contributed by atoms with van der Waals surface area (Å²) in [5, 5.41) is -0.635. The molecule has 192 valence electrons. The van der Waals surface area contributed by atoms with Gasteiger partial charge in [-0.25, -0.2) is 18.4 Å². The topological polar surface area (TPSA) is 92.6 Å². The summed E-state index contributed by atoms with van der Waals surface area (Å²) in [6.45, 7) is 11.8. The van der Waals surface area contributed by atoms with E-state index in [1.165, 1.54) is 16.2 Å². The maximum Gasteiger partial charge on any atom is 0.261 e. The normalized spacial score (nSPS) is 15.9. The minimum Gasteiger partial charge on any atom is -0.477 e. The molecule has 0 bridgehead atoms. The van der Waals surface area contributed by atoms with E-state index in [1.54, 1.807) is 6.92 Å². The van der Waals surface area contributed by atoms with Crippen LogP contribution < -0.4 is 9.47 Å². The maximum atomic E-state index is 15.3. The molecule has 1 unspecified atom stereocenters. The molecule has 1 atom stereocenters. The van der Waals surface area contributed by atoms with Crippen LogP contribution in [0.2, 0.25) is 28.2 Å². The number of halogens is 3. The van der Waals surface area contributed by atoms with Crippen LogP contribution in [0.25, 0.3) is 0 Å². The van der Waals surface area contributed by atoms with Crippen molar-refractivity contribution in [2.75, 3.05) is 6.61 Å². The lowest BCUT2D eigenvalue weighted by atomic mass is 10.2. The van der Waals surface area contributed by atoms with Gasteiger partial charge >= 0.3 is 0 Å². The number of rotatable bonds is 8. The summed E-state index contributed by atoms with van der Waals surface area (Å²) in [5.74, 6) is -1.30. The lowest BCUT2D eigenvalue weighted by molar-refractivity contribution is 0.0909. The van der Waals surface area contributed by atoms with Crippen LogP contribution in [0.1, 0.15) is 50.9 Å². The predicted molar refractivity (Wildman–Crippen MR) is 139 cm³/mol. The number of aromatic nitrogens is 1. The van der Waals surface area contributed by atoms with Crippen LogP contribution in [0.15, 0.2) is 24.4 Å². The molecule has 0 spiro atoms. The summed E-state index contributed by atoms with van der Waals surface area (Å²) in [5.41, 5.74) is -0.351. The van der Waals surface area contributed by atoms with E-state index in [4.69, 9.17) is 37.5 Å². The average molecular weight is 563 g/mol. The Labute approximate surface area is 217 Å². The van der Waals surface area contributed by atoms with Crippen molar-refractivity contribution in [1.82, 2.24) is 8.95 Å². The van der Waals surface area contributed by atoms with Gasteiger partial charge < -0.3 is 9.47 Å². The molecule has 1 N–H and O–H groups in total. The zero-order valence-corrected chi connectivity index (χ0v) is 23.9. The van der Waals surface area contributed by atoms with Crippen LogP contribution >= 0.6 is 23.2 Å². The number of carbonyl (C=O) groups excluding carboxylic acids is 1. The Balaban J connectivity index is 1.99. The Bertz CT molecular complexity index is 1250. The van der Waals surface area contributed by atoms with Crippen LogP contribution in [0.5, 0.6) is 17.4 Å². The van der Waals surface area contributed by atoms with Gasteiger partial charge in [0.05, 0.1) is 28.6 Å². The molecule has 1 heterocycles. The molecule has 3 rings (SSSR count). The first kappa shape index (κ1) is 27.7. The largest absolute Gasteiger partial charge is 0.477 e. The first-order valence-electron chi connectivity index (χ1n) is 11.2. The third kappa shape index (κ3) is 5.60. The van der Waals surface area contributed by atoms with E-state index in [2.05, 4.69) is 4.98 Å². The number of carbonyl (C=O) groups is 1. The fraction of sp³-hybridized carbons (Fsp3) is 0.478. The van der Waals surface area contributed by atoms with E-state index < -0.39 is 40.2 Å². The van der Waals surface area contributed by atoms with Crippen molar-refractivity contribution in [2.24, 2.45) is 0 Å². The fourth-order valence-corrected chi connectivity index (χ4v) is 10.3. The Morgan fingerprint density at radius 3 is 2.40 bits per heavy atom. The van der Waals surface area contributed by atoms with Gasteiger partial charge in [-0.2, -0.15) is 0 Å². The fourth-order valence-electron chi connectivity index (χ4n) is 3.27. The highest BCUT2D eigenvalue weighted by molar-refractivity contribution is 7.93. The van der Waals surface area contributed by atoms with Crippen LogP contribution in [0, 0.1) is 10.6 Å². The lowest BCUT2D eigenvalue weighted by Crippen LogP contribution is -2.60. The third-order valence-corrected chi connectivity index (χ3v) is 16.0. The van der Waals surface area contributed by atoms with Gasteiger partial charge in [0, 0.05) is 12.1 Å². The molecule has 1 aromatic heterocycles. The van der Waals surface area contributed by atoms with Crippen LogP contribution in [0.3, 0.4) is 0 Å². The van der Waals surface area contributed by atoms with Crippen LogP contribution in [-0.4, -0.2) is 39.2 Å². The number of ether oxygens (including phenoxy) is 2. The van der Waals surface area contributed by atoms with Gasteiger partial charge in [-0.3, -0.25) is 8.77 Å². The number of nitrogens with one attached hydrogen (secondary N) is 1. The quantitative estimate of drug-likeness (QED) is 0.341. The SMILES string of the molecule is CCOc1ncc(Oc2cc(F)c(C(=O)N([Si](C)(C)C(C)(C)C)S(=N)(=O)C3CC3)cc2Cl)cc1Cl. The first-order valence-corrected chi connectivity index (χ1v) is 16.5. The summed E-state index contributed by atoms with van der Waals surface area (Å²) in [6, 6.07) is 3.60. The van der Waals surface area contributed by atoms with Crippen LogP contribution in [-0.2, 0) is 9.92 Å². The van der Waals surface area contributed by atoms with Crippen molar-refractivity contribution in [1.29, 1.82) is 4.78 Å². The standard InChI is InChI=1S/C23H30Cl2FN3O4SSi/c1-7-32-21-18(25)10-14(13-28-21)33-20-12-19(26)16(11-17(20)24)22(30)29(34(27,31)15-8-9-15)35(5,6)23(2,3)4/h10-13,15,27H,7-9H2,1-6H3. The summed E-state index contributed by atoms with van der Waals surface area (Å²) in [6.07, 6.45) is 2.57. The summed E-state index contributed by atoms with van der Waals surface area (Å²) >= 11 is 12.5. The van der Waals surface area contributed by atoms with Crippen molar-refractivity contribution < 1.29 is 22.9 Å². The van der Waals surface area contributed by atoms with Crippen molar-refractivity contribution in [3.05, 3.63) is 45.8 Å². The van der Waals surface area contributed by atoms with E-state index in [0.29, 0.717) is 19.4 Å². The Morgan fingerprint density at radius 1 is 1.26 bits per heavy atom. The second-order valence-electron chi connectivity index (χ2n) is 9.93. The highest BCUT2D eigenvalue weighted by Gasteiger charge is 2.52. The molecular weight excluding hydrogens is 532 g/mol. The highest BCUT2D eigenvalue weighted by atomic mass is 35.5. The van der Waals surface area contributed by atoms with Crippen LogP contribution in [0.4, 0.5) is 4.39 Å². The second-order valence-corrected chi connectivity index (χ2v) is 18.3. The average Bonchev–Trinajstić information content (AvgIpc) is 3.57. The van der Waals surface area contributed by atoms with E-state index >= 15 is 4.39 Å². The third-order valence-electron chi connectivity index (χ3n) is 6.32. The first-order chi connectivity index (χ1) is 16.1. The van der Waals surface area contributed by atoms with Gasteiger partial charge in [-0.1, -0.05) is 57.1 Å². The Morgan fingerprint density at radius 2 is 1.89 bits per heavy atom. The molecule has 35 heavy (non-hydrogen) atoms. The molecule has 2 aromatic rings. The summed E-state index contributed by atoms with van der Waals surface area (Å²) < 4.78 is 49.6. The molecule has 1 aliphatic rings. The minimum absolute atomic E-state index is 0.0298. The van der Waals surface area contributed by atoms with E-state index in [9.17, 15) is 9.00 Å². The molecule has 1 fully saturated rings. The summed E-state index contributed by atoms with van der Waals surface area (Å²) in [4.78, 5) is 17.7. The van der Waals surface area contributed by atoms with Crippen molar-refractivity contribution in [3.8, 4) is 17.4 Å². The monoisotopic (exact) mass is 561 g/mol. The van der Waals surface area contributed by atoms with E-state index in [-0.39, 0.29) is 33.0 Å². The molecule has 7 nitrogen and oxygen atoms in total. The molecule has 1 aromatic carbocycles. The van der Waals surface area contributed by atoms with Gasteiger partial charge in [-0.15, -0.1) is 0 Å². The Hall–Kier alpha value is -1.88. The highest BCUT2D eigenvalue weighted by Crippen LogP contribution is 2.44. The smallest absolute Gasteiger partial charge is 0.261 e. The number of hydrogen-bond acceptors (Lipinski definition) is 6. The van der Waals surface area contributed by atoms with Crippen molar-refractivity contribution in [2.45, 2.75) is 63.9 Å². The number of benzene rings is 1. The lowest BCUT2D eigenvalue weighted by Gasteiger charge is -2.46. The van der Waals surface area contributed by atoms with Crippen molar-refractivity contribution in [3.63, 3.8) is 0 Å². The van der Waals surface area contributed by atoms with Gasteiger partial charge in [0.2, 0.25) is 5.88 Å². The number of amides is 1. The van der Waals surface area contributed by atoms with Gasteiger partial charge in [0.15, 0.2) is 8.24 Å². The molecular formula is C23H30Cl2FN3O4SSi. The number of nitrogens with zero attached hydrogens (tertiary/aromatic N) is 2.